The fourth-order valence-corrected chi connectivity index (χ4v) is 2.35. The lowest BCUT2D eigenvalue weighted by molar-refractivity contribution is -0.134. The molecular weight excluding hydrogens is 346 g/mol. The number of carboxylic acid groups (broad SMARTS) is 1. The van der Waals surface area contributed by atoms with Crippen LogP contribution in [0, 0.1) is 6.92 Å². The Hall–Kier alpha value is -3.28. The van der Waals surface area contributed by atoms with Crippen LogP contribution in [-0.2, 0) is 16.2 Å². The molecule has 0 aliphatic carbocycles. The van der Waals surface area contributed by atoms with Gasteiger partial charge in [-0.05, 0) is 43.2 Å². The molecule has 6 heteroatoms. The Kier molecular flexibility index (Phi) is 7.00. The topological polar surface area (TPSA) is 84.9 Å². The number of aliphatic carboxylic acids is 1. The maximum atomic E-state index is 11.3. The first kappa shape index (κ1) is 20.0. The van der Waals surface area contributed by atoms with E-state index in [0.29, 0.717) is 30.3 Å². The zero-order valence-electron chi connectivity index (χ0n) is 15.6. The van der Waals surface area contributed by atoms with E-state index in [1.807, 2.05) is 38.1 Å². The van der Waals surface area contributed by atoms with Crippen molar-refractivity contribution in [3.8, 4) is 11.5 Å². The second-order valence-corrected chi connectivity index (χ2v) is 5.96. The number of ether oxygens (including phenoxy) is 2. The van der Waals surface area contributed by atoms with Crippen LogP contribution in [0.4, 0.5) is 0 Å². The third kappa shape index (κ3) is 6.18. The standard InChI is InChI=1S/C21H23NO5/c1-4-26-20-12-17(11-18(21(24)25)22-15(3)23)9-10-19(20)27-13-16-7-5-14(2)6-8-16/h5-12H,4,13H2,1-3H3,(H,22,23)(H,24,25). The lowest BCUT2D eigenvalue weighted by Gasteiger charge is -2.13. The number of carboxylic acids is 1. The maximum absolute atomic E-state index is 11.3. The van der Waals surface area contributed by atoms with Crippen LogP contribution in [0.25, 0.3) is 6.08 Å². The van der Waals surface area contributed by atoms with E-state index in [1.165, 1.54) is 18.6 Å². The van der Waals surface area contributed by atoms with Crippen molar-refractivity contribution >= 4 is 18.0 Å². The molecule has 0 saturated carbocycles. The Balaban J connectivity index is 2.23. The average Bonchev–Trinajstić information content (AvgIpc) is 2.61. The summed E-state index contributed by atoms with van der Waals surface area (Å²) in [7, 11) is 0. The molecule has 0 fully saturated rings. The number of hydrogen-bond acceptors (Lipinski definition) is 4. The molecule has 27 heavy (non-hydrogen) atoms. The molecule has 2 aromatic rings. The Bertz CT molecular complexity index is 840. The fourth-order valence-electron chi connectivity index (χ4n) is 2.35. The molecule has 0 aromatic heterocycles. The predicted molar refractivity (Wildman–Crippen MR) is 103 cm³/mol. The molecule has 0 saturated heterocycles. The number of benzene rings is 2. The van der Waals surface area contributed by atoms with Crippen LogP contribution >= 0.6 is 0 Å². The number of carbonyl (C=O) groups excluding carboxylic acids is 1. The summed E-state index contributed by atoms with van der Waals surface area (Å²) >= 11 is 0. The van der Waals surface area contributed by atoms with Crippen molar-refractivity contribution in [1.82, 2.24) is 5.32 Å². The van der Waals surface area contributed by atoms with E-state index in [-0.39, 0.29) is 5.70 Å². The lowest BCUT2D eigenvalue weighted by atomic mass is 10.1. The summed E-state index contributed by atoms with van der Waals surface area (Å²) in [5, 5.41) is 11.5. The molecule has 1 amide bonds. The molecule has 0 radical (unpaired) electrons. The largest absolute Gasteiger partial charge is 0.490 e. The quantitative estimate of drug-likeness (QED) is 0.695. The van der Waals surface area contributed by atoms with Gasteiger partial charge in [0.2, 0.25) is 5.91 Å². The Morgan fingerprint density at radius 3 is 2.37 bits per heavy atom. The summed E-state index contributed by atoms with van der Waals surface area (Å²) in [6.45, 7) is 5.96. The molecule has 0 aliphatic rings. The molecule has 6 nitrogen and oxygen atoms in total. The molecule has 0 spiro atoms. The first-order chi connectivity index (χ1) is 12.9. The van der Waals surface area contributed by atoms with Gasteiger partial charge >= 0.3 is 5.97 Å². The molecule has 0 unspecified atom stereocenters. The number of amides is 1. The third-order valence-electron chi connectivity index (χ3n) is 3.63. The summed E-state index contributed by atoms with van der Waals surface area (Å²) in [6.07, 6.45) is 1.37. The van der Waals surface area contributed by atoms with Crippen LogP contribution in [-0.4, -0.2) is 23.6 Å². The SMILES string of the molecule is CCOc1cc(C=C(NC(C)=O)C(=O)O)ccc1OCc1ccc(C)cc1. The van der Waals surface area contributed by atoms with Crippen LogP contribution in [0.3, 0.4) is 0 Å². The van der Waals surface area contributed by atoms with Gasteiger partial charge in [0.1, 0.15) is 12.3 Å². The van der Waals surface area contributed by atoms with E-state index in [9.17, 15) is 14.7 Å². The van der Waals surface area contributed by atoms with Crippen molar-refractivity contribution in [2.75, 3.05) is 6.61 Å². The molecule has 0 bridgehead atoms. The van der Waals surface area contributed by atoms with Gasteiger partial charge in [-0.15, -0.1) is 0 Å². The highest BCUT2D eigenvalue weighted by Crippen LogP contribution is 2.30. The van der Waals surface area contributed by atoms with Crippen molar-refractivity contribution in [3.63, 3.8) is 0 Å². The van der Waals surface area contributed by atoms with E-state index >= 15 is 0 Å². The van der Waals surface area contributed by atoms with Crippen LogP contribution in [0.5, 0.6) is 11.5 Å². The number of aryl methyl sites for hydroxylation is 1. The van der Waals surface area contributed by atoms with Gasteiger partial charge in [-0.1, -0.05) is 35.9 Å². The molecule has 142 valence electrons. The summed E-state index contributed by atoms with van der Waals surface area (Å²) in [5.41, 5.74) is 2.58. The summed E-state index contributed by atoms with van der Waals surface area (Å²) in [4.78, 5) is 22.4. The van der Waals surface area contributed by atoms with E-state index < -0.39 is 11.9 Å². The lowest BCUT2D eigenvalue weighted by Crippen LogP contribution is -2.24. The molecule has 2 rings (SSSR count). The van der Waals surface area contributed by atoms with Crippen LogP contribution in [0.1, 0.15) is 30.5 Å². The van der Waals surface area contributed by atoms with Gasteiger partial charge in [-0.25, -0.2) is 4.79 Å². The first-order valence-corrected chi connectivity index (χ1v) is 8.56. The second-order valence-electron chi connectivity index (χ2n) is 5.96. The van der Waals surface area contributed by atoms with Gasteiger partial charge in [-0.3, -0.25) is 4.79 Å². The van der Waals surface area contributed by atoms with Crippen molar-refractivity contribution < 1.29 is 24.2 Å². The molecule has 2 N–H and O–H groups in total. The predicted octanol–water partition coefficient (Wildman–Crippen LogP) is 3.53. The average molecular weight is 369 g/mol. The highest BCUT2D eigenvalue weighted by molar-refractivity contribution is 5.96. The number of rotatable bonds is 8. The maximum Gasteiger partial charge on any atom is 0.352 e. The van der Waals surface area contributed by atoms with Gasteiger partial charge in [0, 0.05) is 6.92 Å². The minimum Gasteiger partial charge on any atom is -0.490 e. The second kappa shape index (κ2) is 9.43. The van der Waals surface area contributed by atoms with Gasteiger partial charge in [0.15, 0.2) is 11.5 Å². The minimum absolute atomic E-state index is 0.210. The molecule has 2 aromatic carbocycles. The molecular formula is C21H23NO5. The van der Waals surface area contributed by atoms with Crippen molar-refractivity contribution in [1.29, 1.82) is 0 Å². The monoisotopic (exact) mass is 369 g/mol. The number of nitrogens with one attached hydrogen (secondary N) is 1. The van der Waals surface area contributed by atoms with Crippen molar-refractivity contribution in [2.45, 2.75) is 27.4 Å². The molecule has 0 aliphatic heterocycles. The first-order valence-electron chi connectivity index (χ1n) is 8.56. The fraction of sp³-hybridized carbons (Fsp3) is 0.238. The number of carbonyl (C=O) groups is 2. The Morgan fingerprint density at radius 2 is 1.78 bits per heavy atom. The van der Waals surface area contributed by atoms with E-state index in [1.54, 1.807) is 18.2 Å². The minimum atomic E-state index is -1.22. The van der Waals surface area contributed by atoms with Gasteiger partial charge in [-0.2, -0.15) is 0 Å². The van der Waals surface area contributed by atoms with Crippen molar-refractivity contribution in [2.24, 2.45) is 0 Å². The molecule has 0 heterocycles. The van der Waals surface area contributed by atoms with E-state index in [0.717, 1.165) is 5.56 Å². The molecule has 0 atom stereocenters. The summed E-state index contributed by atoms with van der Waals surface area (Å²) in [6, 6.07) is 13.1. The third-order valence-corrected chi connectivity index (χ3v) is 3.63. The van der Waals surface area contributed by atoms with E-state index in [2.05, 4.69) is 5.32 Å². The zero-order valence-corrected chi connectivity index (χ0v) is 15.6. The van der Waals surface area contributed by atoms with Crippen LogP contribution in [0.15, 0.2) is 48.2 Å². The van der Waals surface area contributed by atoms with Crippen LogP contribution < -0.4 is 14.8 Å². The number of hydrogen-bond donors (Lipinski definition) is 2. The van der Waals surface area contributed by atoms with E-state index in [4.69, 9.17) is 9.47 Å². The van der Waals surface area contributed by atoms with Crippen molar-refractivity contribution in [3.05, 3.63) is 64.9 Å². The Labute approximate surface area is 158 Å². The normalized spacial score (nSPS) is 11.0. The van der Waals surface area contributed by atoms with Gasteiger partial charge in [0.25, 0.3) is 0 Å². The van der Waals surface area contributed by atoms with Gasteiger partial charge < -0.3 is 19.9 Å². The smallest absolute Gasteiger partial charge is 0.352 e. The highest BCUT2D eigenvalue weighted by atomic mass is 16.5. The summed E-state index contributed by atoms with van der Waals surface area (Å²) in [5.74, 6) is -0.605. The van der Waals surface area contributed by atoms with Crippen LogP contribution in [0.2, 0.25) is 0 Å². The summed E-state index contributed by atoms with van der Waals surface area (Å²) < 4.78 is 11.5. The van der Waals surface area contributed by atoms with Gasteiger partial charge in [0.05, 0.1) is 6.61 Å². The Morgan fingerprint density at radius 1 is 1.07 bits per heavy atom. The highest BCUT2D eigenvalue weighted by Gasteiger charge is 2.11. The zero-order chi connectivity index (χ0) is 19.8.